The number of benzene rings is 2. The van der Waals surface area contributed by atoms with Gasteiger partial charge in [-0.2, -0.15) is 0 Å². The quantitative estimate of drug-likeness (QED) is 0.524. The van der Waals surface area contributed by atoms with Crippen LogP contribution in [0.3, 0.4) is 0 Å². The van der Waals surface area contributed by atoms with Gasteiger partial charge in [0.2, 0.25) is 0 Å². The van der Waals surface area contributed by atoms with Crippen LogP contribution in [0.5, 0.6) is 11.5 Å². The van der Waals surface area contributed by atoms with E-state index < -0.39 is 12.0 Å². The zero-order chi connectivity index (χ0) is 23.5. The Labute approximate surface area is 194 Å². The van der Waals surface area contributed by atoms with Crippen LogP contribution in [0.2, 0.25) is 0 Å². The minimum absolute atomic E-state index is 0.235. The minimum Gasteiger partial charge on any atom is -0.497 e. The molecule has 2 aromatic carbocycles. The zero-order valence-electron chi connectivity index (χ0n) is 18.8. The molecule has 0 aliphatic carbocycles. The number of carbonyl (C=O) groups is 1. The van der Waals surface area contributed by atoms with Crippen LogP contribution in [0.4, 0.5) is 0 Å². The van der Waals surface area contributed by atoms with Gasteiger partial charge in [0.25, 0.3) is 5.56 Å². The second kappa shape index (κ2) is 9.46. The van der Waals surface area contributed by atoms with Gasteiger partial charge in [0.1, 0.15) is 11.5 Å². The smallest absolute Gasteiger partial charge is 0.338 e. The van der Waals surface area contributed by atoms with Crippen molar-refractivity contribution in [3.63, 3.8) is 0 Å². The van der Waals surface area contributed by atoms with E-state index >= 15 is 0 Å². The van der Waals surface area contributed by atoms with Crippen molar-refractivity contribution in [2.45, 2.75) is 19.9 Å². The van der Waals surface area contributed by atoms with E-state index in [-0.39, 0.29) is 12.2 Å². The molecule has 0 bridgehead atoms. The van der Waals surface area contributed by atoms with Crippen molar-refractivity contribution in [1.29, 1.82) is 0 Å². The third kappa shape index (κ3) is 4.21. The zero-order valence-corrected chi connectivity index (χ0v) is 19.6. The van der Waals surface area contributed by atoms with Gasteiger partial charge in [-0.3, -0.25) is 9.36 Å². The van der Waals surface area contributed by atoms with Crippen LogP contribution in [0.15, 0.2) is 69.6 Å². The van der Waals surface area contributed by atoms with E-state index in [1.807, 2.05) is 36.4 Å². The maximum atomic E-state index is 13.6. The summed E-state index contributed by atoms with van der Waals surface area (Å²) in [4.78, 5) is 31.6. The fourth-order valence-electron chi connectivity index (χ4n) is 3.82. The number of allylic oxidation sites excluding steroid dienone is 1. The number of esters is 1. The summed E-state index contributed by atoms with van der Waals surface area (Å²) in [5, 5.41) is 0. The first kappa shape index (κ1) is 22.5. The Kier molecular flexibility index (Phi) is 6.46. The maximum Gasteiger partial charge on any atom is 0.338 e. The van der Waals surface area contributed by atoms with Crippen LogP contribution in [0.1, 0.15) is 31.0 Å². The van der Waals surface area contributed by atoms with Crippen molar-refractivity contribution >= 4 is 23.4 Å². The Morgan fingerprint density at radius 1 is 1.15 bits per heavy atom. The number of hydrogen-bond donors (Lipinski definition) is 0. The molecule has 33 heavy (non-hydrogen) atoms. The number of methoxy groups -OCH3 is 2. The summed E-state index contributed by atoms with van der Waals surface area (Å²) in [5.74, 6) is 0.770. The largest absolute Gasteiger partial charge is 0.497 e. The molecule has 0 unspecified atom stereocenters. The Bertz CT molecular complexity index is 1400. The number of nitrogens with zero attached hydrogens (tertiary/aromatic N) is 2. The number of rotatable bonds is 6. The van der Waals surface area contributed by atoms with E-state index in [4.69, 9.17) is 14.2 Å². The average Bonchev–Trinajstić information content (AvgIpc) is 3.13. The summed E-state index contributed by atoms with van der Waals surface area (Å²) in [6.45, 7) is 3.76. The van der Waals surface area contributed by atoms with Gasteiger partial charge in [0, 0.05) is 11.6 Å². The monoisotopic (exact) mass is 464 g/mol. The van der Waals surface area contributed by atoms with E-state index in [9.17, 15) is 9.59 Å². The first-order chi connectivity index (χ1) is 16.0. The molecule has 8 heteroatoms. The van der Waals surface area contributed by atoms with E-state index in [1.165, 1.54) is 11.3 Å². The summed E-state index contributed by atoms with van der Waals surface area (Å²) in [5.41, 5.74) is 2.21. The highest BCUT2D eigenvalue weighted by Gasteiger charge is 2.33. The van der Waals surface area contributed by atoms with Crippen molar-refractivity contribution in [3.05, 3.63) is 90.6 Å². The fraction of sp³-hybridized carbons (Fsp3) is 0.240. The molecule has 0 radical (unpaired) electrons. The molecule has 0 N–H and O–H groups in total. The average molecular weight is 465 g/mol. The number of ether oxygens (including phenoxy) is 3. The summed E-state index contributed by atoms with van der Waals surface area (Å²) < 4.78 is 18.1. The molecule has 3 aromatic rings. The molecule has 0 spiro atoms. The first-order valence-electron chi connectivity index (χ1n) is 10.4. The van der Waals surface area contributed by atoms with Gasteiger partial charge < -0.3 is 14.2 Å². The Morgan fingerprint density at radius 3 is 2.58 bits per heavy atom. The molecule has 2 heterocycles. The van der Waals surface area contributed by atoms with Crippen molar-refractivity contribution in [2.24, 2.45) is 4.99 Å². The molecule has 170 valence electrons. The van der Waals surface area contributed by atoms with Crippen LogP contribution in [0, 0.1) is 0 Å². The number of hydrogen-bond acceptors (Lipinski definition) is 7. The Morgan fingerprint density at radius 2 is 1.91 bits per heavy atom. The van der Waals surface area contributed by atoms with Crippen molar-refractivity contribution in [3.8, 4) is 11.5 Å². The van der Waals surface area contributed by atoms with Gasteiger partial charge in [-0.05, 0) is 37.6 Å². The third-order valence-corrected chi connectivity index (χ3v) is 6.34. The van der Waals surface area contributed by atoms with E-state index in [1.54, 1.807) is 50.8 Å². The first-order valence-corrected chi connectivity index (χ1v) is 11.3. The standard InChI is InChI=1S/C25H24N2O5S/c1-5-32-24(29)21-15(2)26-25-27(22(21)16-9-7-6-8-10-16)23(28)20(33-25)13-17-11-12-18(30-3)14-19(17)31-4/h6-14,22H,5H2,1-4H3/t22-/m1/s1. The Balaban J connectivity index is 1.94. The number of fused-ring (bicyclic) bond motifs is 1. The lowest BCUT2D eigenvalue weighted by Gasteiger charge is -2.24. The molecule has 1 atom stereocenters. The summed E-state index contributed by atoms with van der Waals surface area (Å²) in [6.07, 6.45) is 1.77. The summed E-state index contributed by atoms with van der Waals surface area (Å²) in [7, 11) is 3.15. The number of thiazole rings is 1. The molecule has 1 aromatic heterocycles. The van der Waals surface area contributed by atoms with Gasteiger partial charge in [-0.1, -0.05) is 41.7 Å². The lowest BCUT2D eigenvalue weighted by molar-refractivity contribution is -0.139. The lowest BCUT2D eigenvalue weighted by atomic mass is 9.96. The van der Waals surface area contributed by atoms with Gasteiger partial charge in [-0.15, -0.1) is 0 Å². The molecule has 0 saturated carbocycles. The molecule has 1 aliphatic heterocycles. The van der Waals surface area contributed by atoms with E-state index in [2.05, 4.69) is 4.99 Å². The molecule has 7 nitrogen and oxygen atoms in total. The Hall–Kier alpha value is -3.65. The second-order valence-electron chi connectivity index (χ2n) is 7.32. The molecule has 0 fully saturated rings. The minimum atomic E-state index is -0.624. The third-order valence-electron chi connectivity index (χ3n) is 5.36. The maximum absolute atomic E-state index is 13.6. The van der Waals surface area contributed by atoms with Gasteiger partial charge in [0.15, 0.2) is 4.80 Å². The van der Waals surface area contributed by atoms with Crippen LogP contribution in [-0.4, -0.2) is 31.4 Å². The normalized spacial score (nSPS) is 15.6. The molecule has 0 amide bonds. The summed E-state index contributed by atoms with van der Waals surface area (Å²) in [6, 6.07) is 14.2. The van der Waals surface area contributed by atoms with E-state index in [0.29, 0.717) is 32.1 Å². The van der Waals surface area contributed by atoms with Crippen LogP contribution < -0.4 is 24.4 Å². The highest BCUT2D eigenvalue weighted by molar-refractivity contribution is 7.07. The van der Waals surface area contributed by atoms with Crippen molar-refractivity contribution in [1.82, 2.24) is 4.57 Å². The number of aromatic nitrogens is 1. The molecular formula is C25H24N2O5S. The highest BCUT2D eigenvalue weighted by Crippen LogP contribution is 2.30. The van der Waals surface area contributed by atoms with Crippen LogP contribution in [0.25, 0.3) is 6.08 Å². The molecule has 4 rings (SSSR count). The van der Waals surface area contributed by atoms with Crippen LogP contribution >= 0.6 is 11.3 Å². The predicted octanol–water partition coefficient (Wildman–Crippen LogP) is 2.82. The second-order valence-corrected chi connectivity index (χ2v) is 8.33. The predicted molar refractivity (Wildman–Crippen MR) is 126 cm³/mol. The summed E-state index contributed by atoms with van der Waals surface area (Å²) >= 11 is 1.27. The molecule has 1 aliphatic rings. The van der Waals surface area contributed by atoms with Gasteiger partial charge in [0.05, 0.1) is 42.7 Å². The van der Waals surface area contributed by atoms with E-state index in [0.717, 1.165) is 11.1 Å². The lowest BCUT2D eigenvalue weighted by Crippen LogP contribution is -2.39. The number of carbonyl (C=O) groups excluding carboxylic acids is 1. The van der Waals surface area contributed by atoms with Gasteiger partial charge >= 0.3 is 5.97 Å². The van der Waals surface area contributed by atoms with Crippen LogP contribution in [-0.2, 0) is 9.53 Å². The van der Waals surface area contributed by atoms with Crippen molar-refractivity contribution < 1.29 is 19.0 Å². The van der Waals surface area contributed by atoms with Crippen molar-refractivity contribution in [2.75, 3.05) is 20.8 Å². The highest BCUT2D eigenvalue weighted by atomic mass is 32.1. The molecule has 0 saturated heterocycles. The topological polar surface area (TPSA) is 79.1 Å². The van der Waals surface area contributed by atoms with Gasteiger partial charge in [-0.25, -0.2) is 9.79 Å². The SMILES string of the molecule is CCOC(=O)C1=C(C)N=c2sc(=Cc3ccc(OC)cc3OC)c(=O)n2[C@@H]1c1ccccc1. The molecular weight excluding hydrogens is 440 g/mol. The fourth-order valence-corrected chi connectivity index (χ4v) is 4.86.